The molecule has 0 radical (unpaired) electrons. The highest BCUT2D eigenvalue weighted by molar-refractivity contribution is 6.42. The van der Waals surface area contributed by atoms with Crippen molar-refractivity contribution in [2.75, 3.05) is 13.2 Å². The Morgan fingerprint density at radius 2 is 1.84 bits per heavy atom. The van der Waals surface area contributed by atoms with Gasteiger partial charge in [-0.05, 0) is 68.6 Å². The summed E-state index contributed by atoms with van der Waals surface area (Å²) in [5.74, 6) is 1.49. The fourth-order valence-electron chi connectivity index (χ4n) is 2.95. The van der Waals surface area contributed by atoms with Crippen LogP contribution in [0.1, 0.15) is 50.5 Å². The van der Waals surface area contributed by atoms with Crippen LogP contribution in [-0.2, 0) is 4.74 Å². The summed E-state index contributed by atoms with van der Waals surface area (Å²) in [4.78, 5) is 0. The fraction of sp³-hybridized carbons (Fsp3) is 0.625. The SMILES string of the molecule is CCOCC[C@H]1CC[C@H](c2ccc(Cl)c(Cl)c2)CC1. The van der Waals surface area contributed by atoms with E-state index in [0.717, 1.165) is 19.1 Å². The summed E-state index contributed by atoms with van der Waals surface area (Å²) >= 11 is 12.1. The lowest BCUT2D eigenvalue weighted by Crippen LogP contribution is -2.15. The fourth-order valence-corrected chi connectivity index (χ4v) is 3.25. The number of rotatable bonds is 5. The number of halogens is 2. The van der Waals surface area contributed by atoms with Crippen LogP contribution in [0.4, 0.5) is 0 Å². The minimum atomic E-state index is 0.649. The lowest BCUT2D eigenvalue weighted by molar-refractivity contribution is 0.123. The smallest absolute Gasteiger partial charge is 0.0595 e. The second-order valence-corrected chi connectivity index (χ2v) is 6.19. The van der Waals surface area contributed by atoms with Crippen LogP contribution in [0.25, 0.3) is 0 Å². The maximum absolute atomic E-state index is 6.10. The Morgan fingerprint density at radius 1 is 1.11 bits per heavy atom. The normalized spacial score (nSPS) is 23.5. The van der Waals surface area contributed by atoms with Crippen LogP contribution in [0.2, 0.25) is 10.0 Å². The van der Waals surface area contributed by atoms with Crippen LogP contribution in [0.5, 0.6) is 0 Å². The van der Waals surface area contributed by atoms with Gasteiger partial charge in [0.1, 0.15) is 0 Å². The van der Waals surface area contributed by atoms with Gasteiger partial charge in [-0.25, -0.2) is 0 Å². The lowest BCUT2D eigenvalue weighted by atomic mass is 9.78. The van der Waals surface area contributed by atoms with Crippen LogP contribution in [0.15, 0.2) is 18.2 Å². The Hall–Kier alpha value is -0.240. The molecule has 1 saturated carbocycles. The van der Waals surface area contributed by atoms with Crippen LogP contribution in [0.3, 0.4) is 0 Å². The second kappa shape index (κ2) is 7.52. The molecule has 0 atom stereocenters. The van der Waals surface area contributed by atoms with Crippen LogP contribution >= 0.6 is 23.2 Å². The van der Waals surface area contributed by atoms with E-state index >= 15 is 0 Å². The molecule has 19 heavy (non-hydrogen) atoms. The lowest BCUT2D eigenvalue weighted by Gasteiger charge is -2.29. The van der Waals surface area contributed by atoms with E-state index in [-0.39, 0.29) is 0 Å². The molecule has 2 rings (SSSR count). The van der Waals surface area contributed by atoms with E-state index in [4.69, 9.17) is 27.9 Å². The zero-order valence-electron chi connectivity index (χ0n) is 11.5. The van der Waals surface area contributed by atoms with Gasteiger partial charge in [0.25, 0.3) is 0 Å². The van der Waals surface area contributed by atoms with Gasteiger partial charge in [0.15, 0.2) is 0 Å². The molecule has 0 amide bonds. The highest BCUT2D eigenvalue weighted by Crippen LogP contribution is 2.38. The van der Waals surface area contributed by atoms with Crippen molar-refractivity contribution in [3.8, 4) is 0 Å². The summed E-state index contributed by atoms with van der Waals surface area (Å²) in [5, 5.41) is 1.33. The molecule has 106 valence electrons. The van der Waals surface area contributed by atoms with E-state index in [1.54, 1.807) is 0 Å². The van der Waals surface area contributed by atoms with Crippen LogP contribution in [0, 0.1) is 5.92 Å². The average molecular weight is 301 g/mol. The van der Waals surface area contributed by atoms with Crippen molar-refractivity contribution >= 4 is 23.2 Å². The van der Waals surface area contributed by atoms with E-state index in [1.807, 2.05) is 12.1 Å². The minimum Gasteiger partial charge on any atom is -0.382 e. The molecule has 0 N–H and O–H groups in total. The monoisotopic (exact) mass is 300 g/mol. The molecule has 1 aliphatic carbocycles. The van der Waals surface area contributed by atoms with E-state index in [0.29, 0.717) is 16.0 Å². The van der Waals surface area contributed by atoms with Gasteiger partial charge in [-0.2, -0.15) is 0 Å². The summed E-state index contributed by atoms with van der Waals surface area (Å²) in [7, 11) is 0. The molecule has 3 heteroatoms. The highest BCUT2D eigenvalue weighted by Gasteiger charge is 2.22. The van der Waals surface area contributed by atoms with Gasteiger partial charge >= 0.3 is 0 Å². The summed E-state index contributed by atoms with van der Waals surface area (Å²) < 4.78 is 5.44. The van der Waals surface area contributed by atoms with Crippen molar-refractivity contribution in [2.45, 2.75) is 44.9 Å². The molecule has 0 aliphatic heterocycles. The second-order valence-electron chi connectivity index (χ2n) is 5.38. The molecule has 1 fully saturated rings. The van der Waals surface area contributed by atoms with Crippen LogP contribution < -0.4 is 0 Å². The summed E-state index contributed by atoms with van der Waals surface area (Å²) in [6.45, 7) is 3.80. The zero-order valence-corrected chi connectivity index (χ0v) is 13.0. The molecule has 0 aromatic heterocycles. The van der Waals surface area contributed by atoms with Crippen molar-refractivity contribution in [3.05, 3.63) is 33.8 Å². The molecule has 1 aromatic carbocycles. The Kier molecular flexibility index (Phi) is 6.00. The van der Waals surface area contributed by atoms with E-state index in [2.05, 4.69) is 13.0 Å². The average Bonchev–Trinajstić information content (AvgIpc) is 2.43. The molecular formula is C16H22Cl2O. The van der Waals surface area contributed by atoms with E-state index < -0.39 is 0 Å². The Labute approximate surface area is 126 Å². The van der Waals surface area contributed by atoms with Gasteiger partial charge in [-0.1, -0.05) is 29.3 Å². The van der Waals surface area contributed by atoms with E-state index in [9.17, 15) is 0 Å². The van der Waals surface area contributed by atoms with Crippen molar-refractivity contribution in [1.82, 2.24) is 0 Å². The van der Waals surface area contributed by atoms with Gasteiger partial charge in [-0.15, -0.1) is 0 Å². The molecule has 1 aromatic rings. The van der Waals surface area contributed by atoms with Crippen molar-refractivity contribution in [2.24, 2.45) is 5.92 Å². The number of hydrogen-bond acceptors (Lipinski definition) is 1. The summed E-state index contributed by atoms with van der Waals surface area (Å²) in [6.07, 6.45) is 6.33. The Balaban J connectivity index is 1.84. The number of hydrogen-bond donors (Lipinski definition) is 0. The first kappa shape index (κ1) is 15.2. The minimum absolute atomic E-state index is 0.649. The van der Waals surface area contributed by atoms with E-state index in [1.165, 1.54) is 37.7 Å². The number of ether oxygens (including phenoxy) is 1. The third kappa shape index (κ3) is 4.37. The third-order valence-electron chi connectivity index (χ3n) is 4.14. The first-order valence-corrected chi connectivity index (χ1v) is 7.99. The topological polar surface area (TPSA) is 9.23 Å². The standard InChI is InChI=1S/C16H22Cl2O/c1-2-19-10-9-12-3-5-13(6-4-12)14-7-8-15(17)16(18)11-14/h7-8,11-13H,2-6,9-10H2,1H3/t12-,13-. The largest absolute Gasteiger partial charge is 0.382 e. The maximum atomic E-state index is 6.10. The molecule has 1 nitrogen and oxygen atoms in total. The molecular weight excluding hydrogens is 279 g/mol. The first-order chi connectivity index (χ1) is 9.20. The van der Waals surface area contributed by atoms with Gasteiger partial charge in [0, 0.05) is 13.2 Å². The van der Waals surface area contributed by atoms with Crippen molar-refractivity contribution in [3.63, 3.8) is 0 Å². The summed E-state index contributed by atoms with van der Waals surface area (Å²) in [6, 6.07) is 6.08. The highest BCUT2D eigenvalue weighted by atomic mass is 35.5. The third-order valence-corrected chi connectivity index (χ3v) is 4.88. The quantitative estimate of drug-likeness (QED) is 0.634. The predicted molar refractivity (Wildman–Crippen MR) is 82.3 cm³/mol. The molecule has 0 unspecified atom stereocenters. The van der Waals surface area contributed by atoms with Crippen molar-refractivity contribution in [1.29, 1.82) is 0 Å². The zero-order chi connectivity index (χ0) is 13.7. The van der Waals surface area contributed by atoms with Gasteiger partial charge < -0.3 is 4.74 Å². The molecule has 0 heterocycles. The van der Waals surface area contributed by atoms with Gasteiger partial charge in [0.2, 0.25) is 0 Å². The summed E-state index contributed by atoms with van der Waals surface area (Å²) in [5.41, 5.74) is 1.35. The molecule has 0 saturated heterocycles. The Morgan fingerprint density at radius 3 is 2.47 bits per heavy atom. The number of benzene rings is 1. The van der Waals surface area contributed by atoms with Crippen LogP contribution in [-0.4, -0.2) is 13.2 Å². The molecule has 1 aliphatic rings. The van der Waals surface area contributed by atoms with Gasteiger partial charge in [-0.3, -0.25) is 0 Å². The molecule has 0 spiro atoms. The van der Waals surface area contributed by atoms with Crippen molar-refractivity contribution < 1.29 is 4.74 Å². The maximum Gasteiger partial charge on any atom is 0.0595 e. The molecule has 0 bridgehead atoms. The first-order valence-electron chi connectivity index (χ1n) is 7.23. The Bertz CT molecular complexity index is 398. The predicted octanol–water partition coefficient (Wildman–Crippen LogP) is 5.69. The van der Waals surface area contributed by atoms with Gasteiger partial charge in [0.05, 0.1) is 10.0 Å².